The molecule has 2 aromatic carbocycles. The van der Waals surface area contributed by atoms with E-state index in [4.69, 9.17) is 5.73 Å². The van der Waals surface area contributed by atoms with Gasteiger partial charge in [0.2, 0.25) is 11.8 Å². The molecule has 0 unspecified atom stereocenters. The molecule has 3 saturated heterocycles. The van der Waals surface area contributed by atoms with Crippen molar-refractivity contribution in [2.75, 3.05) is 63.8 Å². The Morgan fingerprint density at radius 1 is 0.882 bits per heavy atom. The van der Waals surface area contributed by atoms with E-state index in [1.807, 2.05) is 23.1 Å². The number of piperidine rings is 2. The SMILES string of the molecule is N#Cc1ccccc1N1CCN(C(=O)N[C@H](Cc2cc(Br)c(O)c(Br)c2)C(=O)N[C@@H](CCCCN)C(=O)N2CCC(N3CCCCC3)CC2)CC1. The number of urea groups is 1. The Bertz CT molecular complexity index is 1530. The highest BCUT2D eigenvalue weighted by molar-refractivity contribution is 9.11. The first-order valence-electron chi connectivity index (χ1n) is 18.2. The number of anilines is 1. The Balaban J connectivity index is 1.27. The topological polar surface area (TPSA) is 158 Å². The van der Waals surface area contributed by atoms with E-state index < -0.39 is 18.0 Å². The van der Waals surface area contributed by atoms with Crippen LogP contribution in [0.4, 0.5) is 10.5 Å². The highest BCUT2D eigenvalue weighted by atomic mass is 79.9. The van der Waals surface area contributed by atoms with E-state index in [1.165, 1.54) is 19.3 Å². The molecule has 2 atom stereocenters. The van der Waals surface area contributed by atoms with Gasteiger partial charge in [0.15, 0.2) is 0 Å². The molecule has 276 valence electrons. The number of benzene rings is 2. The summed E-state index contributed by atoms with van der Waals surface area (Å²) in [4.78, 5) is 50.1. The minimum atomic E-state index is -0.993. The van der Waals surface area contributed by atoms with Crippen LogP contribution in [-0.2, 0) is 16.0 Å². The van der Waals surface area contributed by atoms with Gasteiger partial charge in [-0.05, 0) is 126 Å². The molecular weight excluding hydrogens is 780 g/mol. The minimum absolute atomic E-state index is 0.0363. The van der Waals surface area contributed by atoms with Gasteiger partial charge in [0.1, 0.15) is 23.9 Å². The molecule has 0 radical (unpaired) electrons. The Morgan fingerprint density at radius 2 is 1.55 bits per heavy atom. The molecule has 3 aliphatic rings. The molecule has 12 nitrogen and oxygen atoms in total. The lowest BCUT2D eigenvalue weighted by atomic mass is 9.98. The number of carbonyl (C=O) groups is 3. The first-order chi connectivity index (χ1) is 24.7. The summed E-state index contributed by atoms with van der Waals surface area (Å²) in [6.07, 6.45) is 7.61. The number of halogens is 2. The van der Waals surface area contributed by atoms with Crippen LogP contribution in [0.5, 0.6) is 5.75 Å². The fraction of sp³-hybridized carbons (Fsp3) is 0.568. The lowest BCUT2D eigenvalue weighted by molar-refractivity contribution is -0.138. The number of phenols is 1. The van der Waals surface area contributed by atoms with Crippen LogP contribution in [0, 0.1) is 11.3 Å². The molecule has 3 heterocycles. The van der Waals surface area contributed by atoms with Gasteiger partial charge in [-0.15, -0.1) is 0 Å². The van der Waals surface area contributed by atoms with Gasteiger partial charge in [-0.3, -0.25) is 9.59 Å². The molecule has 14 heteroatoms. The normalized spacial score (nSPS) is 18.5. The van der Waals surface area contributed by atoms with Crippen molar-refractivity contribution in [3.05, 3.63) is 56.5 Å². The van der Waals surface area contributed by atoms with Gasteiger partial charge >= 0.3 is 6.03 Å². The van der Waals surface area contributed by atoms with Crippen LogP contribution in [0.1, 0.15) is 62.5 Å². The van der Waals surface area contributed by atoms with Gasteiger partial charge < -0.3 is 41.1 Å². The summed E-state index contributed by atoms with van der Waals surface area (Å²) in [7, 11) is 0. The third-order valence-corrected chi connectivity index (χ3v) is 11.5. The number of likely N-dealkylation sites (tertiary alicyclic amines) is 2. The molecule has 0 bridgehead atoms. The molecule has 4 amide bonds. The van der Waals surface area contributed by atoms with E-state index in [9.17, 15) is 24.8 Å². The van der Waals surface area contributed by atoms with E-state index in [0.29, 0.717) is 84.8 Å². The standard InChI is InChI=1S/C37H50Br2N8O4/c38-29-22-26(23-30(39)34(29)48)24-32(43-37(51)47-20-18-45(19-21-47)33-10-3-2-8-27(33)25-41)35(49)42-31(9-4-5-13-40)36(50)46-16-11-28(12-17-46)44-14-6-1-7-15-44/h2-3,8,10,22-23,28,31-32,48H,1,4-7,9,11-21,24,40H2,(H,42,49)(H,43,51)/t31-,32+/m0/s1. The van der Waals surface area contributed by atoms with Crippen molar-refractivity contribution in [1.29, 1.82) is 5.26 Å². The highest BCUT2D eigenvalue weighted by Crippen LogP contribution is 2.34. The zero-order chi connectivity index (χ0) is 36.3. The van der Waals surface area contributed by atoms with Crippen molar-refractivity contribution >= 4 is 55.4 Å². The number of para-hydroxylation sites is 1. The second-order valence-corrected chi connectivity index (χ2v) is 15.4. The second kappa shape index (κ2) is 18.9. The summed E-state index contributed by atoms with van der Waals surface area (Å²) in [6.45, 7) is 5.95. The van der Waals surface area contributed by atoms with Crippen LogP contribution >= 0.6 is 31.9 Å². The highest BCUT2D eigenvalue weighted by Gasteiger charge is 2.34. The smallest absolute Gasteiger partial charge is 0.318 e. The van der Waals surface area contributed by atoms with Crippen LogP contribution < -0.4 is 21.3 Å². The Kier molecular flexibility index (Phi) is 14.4. The number of carbonyl (C=O) groups excluding carboxylic acids is 3. The second-order valence-electron chi connectivity index (χ2n) is 13.7. The van der Waals surface area contributed by atoms with Crippen LogP contribution in [0.2, 0.25) is 0 Å². The van der Waals surface area contributed by atoms with E-state index in [1.54, 1.807) is 23.1 Å². The van der Waals surface area contributed by atoms with E-state index >= 15 is 0 Å². The summed E-state index contributed by atoms with van der Waals surface area (Å²) in [6, 6.07) is 11.5. The minimum Gasteiger partial charge on any atom is -0.506 e. The number of nitrogens with two attached hydrogens (primary N) is 1. The summed E-state index contributed by atoms with van der Waals surface area (Å²) in [5, 5.41) is 25.9. The molecule has 2 aromatic rings. The van der Waals surface area contributed by atoms with E-state index in [-0.39, 0.29) is 24.1 Å². The monoisotopic (exact) mass is 828 g/mol. The van der Waals surface area contributed by atoms with E-state index in [2.05, 4.69) is 58.4 Å². The number of hydrogen-bond donors (Lipinski definition) is 4. The van der Waals surface area contributed by atoms with Gasteiger partial charge in [0.25, 0.3) is 0 Å². The number of amides is 4. The molecule has 0 aliphatic carbocycles. The summed E-state index contributed by atoms with van der Waals surface area (Å²) >= 11 is 6.75. The maximum Gasteiger partial charge on any atom is 0.318 e. The maximum atomic E-state index is 14.1. The number of hydrogen-bond acceptors (Lipinski definition) is 8. The van der Waals surface area contributed by atoms with Crippen LogP contribution in [0.25, 0.3) is 0 Å². The predicted molar refractivity (Wildman–Crippen MR) is 204 cm³/mol. The Hall–Kier alpha value is -3.38. The summed E-state index contributed by atoms with van der Waals surface area (Å²) < 4.78 is 0.905. The number of nitrogens with zero attached hydrogens (tertiary/aromatic N) is 5. The molecule has 5 N–H and O–H groups in total. The lowest BCUT2D eigenvalue weighted by Crippen LogP contribution is -2.59. The quantitative estimate of drug-likeness (QED) is 0.231. The number of nitriles is 1. The van der Waals surface area contributed by atoms with Gasteiger partial charge in [0.05, 0.1) is 20.2 Å². The fourth-order valence-electron chi connectivity index (χ4n) is 7.39. The van der Waals surface area contributed by atoms with Crippen molar-refractivity contribution < 1.29 is 19.5 Å². The van der Waals surface area contributed by atoms with Crippen LogP contribution in [-0.4, -0.2) is 115 Å². The Labute approximate surface area is 317 Å². The zero-order valence-corrected chi connectivity index (χ0v) is 32.3. The number of aromatic hydroxyl groups is 1. The van der Waals surface area contributed by atoms with Crippen molar-refractivity contribution in [2.24, 2.45) is 5.73 Å². The zero-order valence-electron chi connectivity index (χ0n) is 29.2. The molecule has 5 rings (SSSR count). The largest absolute Gasteiger partial charge is 0.506 e. The van der Waals surface area contributed by atoms with Gasteiger partial charge in [0, 0.05) is 51.7 Å². The van der Waals surface area contributed by atoms with Crippen molar-refractivity contribution in [1.82, 2.24) is 25.3 Å². The number of unbranched alkanes of at least 4 members (excludes halogenated alkanes) is 1. The van der Waals surface area contributed by atoms with Crippen molar-refractivity contribution in [3.8, 4) is 11.8 Å². The number of nitrogens with one attached hydrogen (secondary N) is 2. The first kappa shape index (κ1) is 38.8. The molecule has 3 fully saturated rings. The molecular formula is C37H50Br2N8O4. The molecule has 3 aliphatic heterocycles. The van der Waals surface area contributed by atoms with Crippen molar-refractivity contribution in [3.63, 3.8) is 0 Å². The Morgan fingerprint density at radius 3 is 2.20 bits per heavy atom. The lowest BCUT2D eigenvalue weighted by Gasteiger charge is -2.41. The summed E-state index contributed by atoms with van der Waals surface area (Å²) in [5.74, 6) is -0.500. The van der Waals surface area contributed by atoms with Gasteiger partial charge in [-0.2, -0.15) is 5.26 Å². The van der Waals surface area contributed by atoms with E-state index in [0.717, 1.165) is 38.0 Å². The summed E-state index contributed by atoms with van der Waals surface area (Å²) in [5.41, 5.74) is 7.91. The van der Waals surface area contributed by atoms with Crippen LogP contribution in [0.15, 0.2) is 45.3 Å². The number of phenolic OH excluding ortho intramolecular Hbond substituents is 1. The number of piperazine rings is 1. The average Bonchev–Trinajstić information content (AvgIpc) is 3.16. The molecule has 0 spiro atoms. The molecule has 51 heavy (non-hydrogen) atoms. The van der Waals surface area contributed by atoms with Gasteiger partial charge in [-0.1, -0.05) is 18.6 Å². The van der Waals surface area contributed by atoms with Gasteiger partial charge in [-0.25, -0.2) is 4.79 Å². The molecule has 0 saturated carbocycles. The third-order valence-electron chi connectivity index (χ3n) is 10.3. The molecule has 0 aromatic heterocycles. The number of rotatable bonds is 12. The third kappa shape index (κ3) is 10.4. The first-order valence-corrected chi connectivity index (χ1v) is 19.8. The maximum absolute atomic E-state index is 14.1. The predicted octanol–water partition coefficient (Wildman–Crippen LogP) is 4.32. The van der Waals surface area contributed by atoms with Crippen molar-refractivity contribution in [2.45, 2.75) is 75.9 Å². The average molecular weight is 831 g/mol. The fourth-order valence-corrected chi connectivity index (χ4v) is 8.67. The van der Waals surface area contributed by atoms with Crippen LogP contribution in [0.3, 0.4) is 0 Å².